The first-order chi connectivity index (χ1) is 7.71. The van der Waals surface area contributed by atoms with Crippen molar-refractivity contribution < 1.29 is 14.6 Å². The van der Waals surface area contributed by atoms with Crippen LogP contribution in [0.2, 0.25) is 0 Å². The highest BCUT2D eigenvalue weighted by molar-refractivity contribution is 5.47. The van der Waals surface area contributed by atoms with Crippen molar-refractivity contribution in [2.45, 2.75) is 19.4 Å². The summed E-state index contributed by atoms with van der Waals surface area (Å²) in [4.78, 5) is 0. The highest BCUT2D eigenvalue weighted by Gasteiger charge is 2.06. The Morgan fingerprint density at radius 1 is 1.50 bits per heavy atom. The normalized spacial score (nSPS) is 11.6. The van der Waals surface area contributed by atoms with Gasteiger partial charge in [0, 0.05) is 6.07 Å². The maximum absolute atomic E-state index is 9.34. The van der Waals surface area contributed by atoms with Crippen LogP contribution in [-0.2, 0) is 0 Å². The van der Waals surface area contributed by atoms with Gasteiger partial charge in [-0.2, -0.15) is 5.26 Å². The molecule has 1 N–H and O–H groups in total. The Bertz CT molecular complexity index is 384. The van der Waals surface area contributed by atoms with E-state index in [0.717, 1.165) is 0 Å². The van der Waals surface area contributed by atoms with Crippen molar-refractivity contribution in [3.63, 3.8) is 0 Å². The number of methoxy groups -OCH3 is 1. The van der Waals surface area contributed by atoms with Crippen LogP contribution in [0.4, 0.5) is 0 Å². The first-order valence-electron chi connectivity index (χ1n) is 5.10. The van der Waals surface area contributed by atoms with Crippen molar-refractivity contribution in [2.24, 2.45) is 0 Å². The number of benzene rings is 1. The molecule has 0 aliphatic rings. The number of aliphatic hydroxyl groups excluding tert-OH is 1. The molecule has 0 amide bonds. The molecule has 16 heavy (non-hydrogen) atoms. The van der Waals surface area contributed by atoms with Crippen molar-refractivity contribution in [3.05, 3.63) is 23.8 Å². The molecular weight excluding hydrogens is 206 g/mol. The topological polar surface area (TPSA) is 62.5 Å². The third kappa shape index (κ3) is 3.14. The van der Waals surface area contributed by atoms with Gasteiger partial charge in [0.15, 0.2) is 0 Å². The maximum Gasteiger partial charge on any atom is 0.140 e. The van der Waals surface area contributed by atoms with Crippen LogP contribution in [0.25, 0.3) is 0 Å². The average Bonchev–Trinajstić information content (AvgIpc) is 2.35. The zero-order chi connectivity index (χ0) is 12.0. The van der Waals surface area contributed by atoms with Gasteiger partial charge in [0.2, 0.25) is 0 Å². The standard InChI is InChI=1S/C12H15NO3/c1-3-10(14)8-16-11-5-4-9(7-13)12(6-11)15-2/h4-6,10,14H,3,8H2,1-2H3/t10-/m0/s1. The van der Waals surface area contributed by atoms with Gasteiger partial charge in [0.05, 0.1) is 18.8 Å². The van der Waals surface area contributed by atoms with E-state index < -0.39 is 6.10 Å². The third-order valence-corrected chi connectivity index (χ3v) is 2.21. The van der Waals surface area contributed by atoms with Gasteiger partial charge in [-0.15, -0.1) is 0 Å². The minimum Gasteiger partial charge on any atom is -0.495 e. The Hall–Kier alpha value is -1.73. The summed E-state index contributed by atoms with van der Waals surface area (Å²) in [5.74, 6) is 1.06. The van der Waals surface area contributed by atoms with Crippen LogP contribution in [0.3, 0.4) is 0 Å². The second-order valence-electron chi connectivity index (χ2n) is 3.35. The predicted molar refractivity (Wildman–Crippen MR) is 59.5 cm³/mol. The lowest BCUT2D eigenvalue weighted by molar-refractivity contribution is 0.104. The quantitative estimate of drug-likeness (QED) is 0.822. The van der Waals surface area contributed by atoms with Gasteiger partial charge in [-0.3, -0.25) is 0 Å². The third-order valence-electron chi connectivity index (χ3n) is 2.21. The molecule has 1 aromatic rings. The van der Waals surface area contributed by atoms with Crippen LogP contribution < -0.4 is 9.47 Å². The molecule has 0 heterocycles. The van der Waals surface area contributed by atoms with E-state index in [-0.39, 0.29) is 6.61 Å². The summed E-state index contributed by atoms with van der Waals surface area (Å²) in [7, 11) is 1.50. The number of hydrogen-bond donors (Lipinski definition) is 1. The van der Waals surface area contributed by atoms with Crippen LogP contribution in [0.1, 0.15) is 18.9 Å². The second kappa shape index (κ2) is 5.99. The largest absolute Gasteiger partial charge is 0.495 e. The molecule has 0 spiro atoms. The molecule has 86 valence electrons. The highest BCUT2D eigenvalue weighted by atomic mass is 16.5. The van der Waals surface area contributed by atoms with E-state index >= 15 is 0 Å². The van der Waals surface area contributed by atoms with Crippen LogP contribution in [0.15, 0.2) is 18.2 Å². The van der Waals surface area contributed by atoms with Gasteiger partial charge in [0.1, 0.15) is 24.2 Å². The maximum atomic E-state index is 9.34. The minimum atomic E-state index is -0.471. The lowest BCUT2D eigenvalue weighted by Crippen LogP contribution is -2.15. The van der Waals surface area contributed by atoms with E-state index in [4.69, 9.17) is 14.7 Å². The first-order valence-corrected chi connectivity index (χ1v) is 5.10. The Labute approximate surface area is 95.0 Å². The smallest absolute Gasteiger partial charge is 0.140 e. The molecule has 0 fully saturated rings. The highest BCUT2D eigenvalue weighted by Crippen LogP contribution is 2.24. The van der Waals surface area contributed by atoms with Gasteiger partial charge in [-0.05, 0) is 18.6 Å². The summed E-state index contributed by atoms with van der Waals surface area (Å²) < 4.78 is 10.4. The summed E-state index contributed by atoms with van der Waals surface area (Å²) >= 11 is 0. The van der Waals surface area contributed by atoms with E-state index in [1.807, 2.05) is 13.0 Å². The molecule has 4 heteroatoms. The Balaban J connectivity index is 2.72. The van der Waals surface area contributed by atoms with Gasteiger partial charge in [0.25, 0.3) is 0 Å². The summed E-state index contributed by atoms with van der Waals surface area (Å²) in [6.07, 6.45) is 0.176. The molecule has 0 saturated carbocycles. The molecule has 0 bridgehead atoms. The van der Waals surface area contributed by atoms with Crippen LogP contribution in [0, 0.1) is 11.3 Å². The Kier molecular flexibility index (Phi) is 4.62. The molecule has 0 unspecified atom stereocenters. The zero-order valence-electron chi connectivity index (χ0n) is 9.43. The molecule has 0 saturated heterocycles. The van der Waals surface area contributed by atoms with Gasteiger partial charge in [-0.1, -0.05) is 6.92 Å². The number of nitriles is 1. The van der Waals surface area contributed by atoms with Crippen molar-refractivity contribution >= 4 is 0 Å². The number of ether oxygens (including phenoxy) is 2. The van der Waals surface area contributed by atoms with Crippen molar-refractivity contribution in [1.29, 1.82) is 5.26 Å². The van der Waals surface area contributed by atoms with E-state index in [0.29, 0.717) is 23.5 Å². The molecule has 1 atom stereocenters. The molecule has 0 aliphatic carbocycles. The van der Waals surface area contributed by atoms with E-state index in [2.05, 4.69) is 0 Å². The lowest BCUT2D eigenvalue weighted by atomic mass is 10.2. The zero-order valence-corrected chi connectivity index (χ0v) is 9.43. The second-order valence-corrected chi connectivity index (χ2v) is 3.35. The van der Waals surface area contributed by atoms with Crippen molar-refractivity contribution in [3.8, 4) is 17.6 Å². The monoisotopic (exact) mass is 221 g/mol. The molecule has 4 nitrogen and oxygen atoms in total. The molecule has 0 aromatic heterocycles. The van der Waals surface area contributed by atoms with Gasteiger partial charge in [-0.25, -0.2) is 0 Å². The average molecular weight is 221 g/mol. The van der Waals surface area contributed by atoms with Crippen LogP contribution in [-0.4, -0.2) is 24.9 Å². The summed E-state index contributed by atoms with van der Waals surface area (Å²) in [5, 5.41) is 18.1. The number of hydrogen-bond acceptors (Lipinski definition) is 4. The molecule has 0 radical (unpaired) electrons. The van der Waals surface area contributed by atoms with Crippen LogP contribution >= 0.6 is 0 Å². The molecule has 0 aliphatic heterocycles. The van der Waals surface area contributed by atoms with E-state index in [1.54, 1.807) is 18.2 Å². The summed E-state index contributed by atoms with van der Waals surface area (Å²) in [5.41, 5.74) is 0.464. The first kappa shape index (κ1) is 12.3. The molecular formula is C12H15NO3. The number of rotatable bonds is 5. The fourth-order valence-electron chi connectivity index (χ4n) is 1.16. The van der Waals surface area contributed by atoms with Crippen molar-refractivity contribution in [1.82, 2.24) is 0 Å². The van der Waals surface area contributed by atoms with Crippen LogP contribution in [0.5, 0.6) is 11.5 Å². The summed E-state index contributed by atoms with van der Waals surface area (Å²) in [6, 6.07) is 6.98. The lowest BCUT2D eigenvalue weighted by Gasteiger charge is -2.11. The SMILES string of the molecule is CC[C@H](O)COc1ccc(C#N)c(OC)c1. The number of nitrogens with zero attached hydrogens (tertiary/aromatic N) is 1. The predicted octanol–water partition coefficient (Wildman–Crippen LogP) is 1.72. The van der Waals surface area contributed by atoms with E-state index in [1.165, 1.54) is 7.11 Å². The van der Waals surface area contributed by atoms with E-state index in [9.17, 15) is 5.11 Å². The Morgan fingerprint density at radius 2 is 2.25 bits per heavy atom. The minimum absolute atomic E-state index is 0.242. The number of aliphatic hydroxyl groups is 1. The fraction of sp³-hybridized carbons (Fsp3) is 0.417. The fourth-order valence-corrected chi connectivity index (χ4v) is 1.16. The molecule has 1 aromatic carbocycles. The molecule has 1 rings (SSSR count). The van der Waals surface area contributed by atoms with Gasteiger partial charge < -0.3 is 14.6 Å². The van der Waals surface area contributed by atoms with Gasteiger partial charge >= 0.3 is 0 Å². The van der Waals surface area contributed by atoms with Crippen molar-refractivity contribution in [2.75, 3.05) is 13.7 Å². The Morgan fingerprint density at radius 3 is 2.81 bits per heavy atom. The summed E-state index contributed by atoms with van der Waals surface area (Å²) in [6.45, 7) is 2.12.